The molecule has 0 aliphatic heterocycles. The van der Waals surface area contributed by atoms with Gasteiger partial charge in [0.25, 0.3) is 0 Å². The second kappa shape index (κ2) is 5.85. The average Bonchev–Trinajstić information content (AvgIpc) is 3.06. The number of hydrogen-bond acceptors (Lipinski definition) is 4. The minimum atomic E-state index is 0.687. The summed E-state index contributed by atoms with van der Waals surface area (Å²) in [7, 11) is 0. The first-order valence-corrected chi connectivity index (χ1v) is 8.06. The van der Waals surface area contributed by atoms with Crippen molar-refractivity contribution in [2.24, 2.45) is 0 Å². The van der Waals surface area contributed by atoms with E-state index in [1.807, 2.05) is 36.6 Å². The standard InChI is InChI=1S/C14H12BrN3OS/c1-20-14-17-16-13(11-7-8-12(15)19-11)18(14)9-10-5-3-2-4-6-10/h2-8H,9H2,1H3. The first kappa shape index (κ1) is 13.5. The number of hydrogen-bond donors (Lipinski definition) is 0. The lowest BCUT2D eigenvalue weighted by Crippen LogP contribution is -2.03. The van der Waals surface area contributed by atoms with E-state index in [1.54, 1.807) is 11.8 Å². The van der Waals surface area contributed by atoms with E-state index >= 15 is 0 Å². The maximum absolute atomic E-state index is 5.59. The molecule has 0 saturated heterocycles. The Hall–Kier alpha value is -1.53. The number of halogens is 1. The normalized spacial score (nSPS) is 10.9. The molecule has 0 bridgehead atoms. The van der Waals surface area contributed by atoms with Gasteiger partial charge in [-0.2, -0.15) is 0 Å². The average molecular weight is 350 g/mol. The molecule has 0 unspecified atom stereocenters. The van der Waals surface area contributed by atoms with Gasteiger partial charge in [0.15, 0.2) is 15.6 Å². The lowest BCUT2D eigenvalue weighted by atomic mass is 10.2. The minimum absolute atomic E-state index is 0.687. The Morgan fingerprint density at radius 3 is 2.60 bits per heavy atom. The number of furan rings is 1. The van der Waals surface area contributed by atoms with Crippen LogP contribution in [0.3, 0.4) is 0 Å². The number of thioether (sulfide) groups is 1. The minimum Gasteiger partial charge on any atom is -0.446 e. The summed E-state index contributed by atoms with van der Waals surface area (Å²) in [4.78, 5) is 0. The monoisotopic (exact) mass is 349 g/mol. The quantitative estimate of drug-likeness (QED) is 0.666. The lowest BCUT2D eigenvalue weighted by molar-refractivity contribution is 0.545. The fourth-order valence-electron chi connectivity index (χ4n) is 1.96. The fraction of sp³-hybridized carbons (Fsp3) is 0.143. The van der Waals surface area contributed by atoms with Crippen molar-refractivity contribution in [1.82, 2.24) is 14.8 Å². The number of aromatic nitrogens is 3. The van der Waals surface area contributed by atoms with E-state index in [2.05, 4.69) is 42.8 Å². The zero-order valence-corrected chi connectivity index (χ0v) is 13.2. The highest BCUT2D eigenvalue weighted by Crippen LogP contribution is 2.27. The van der Waals surface area contributed by atoms with Crippen molar-refractivity contribution < 1.29 is 4.42 Å². The molecule has 20 heavy (non-hydrogen) atoms. The van der Waals surface area contributed by atoms with Gasteiger partial charge >= 0.3 is 0 Å². The first-order valence-electron chi connectivity index (χ1n) is 6.05. The van der Waals surface area contributed by atoms with E-state index in [4.69, 9.17) is 4.42 Å². The van der Waals surface area contributed by atoms with E-state index in [0.717, 1.165) is 17.5 Å². The zero-order chi connectivity index (χ0) is 13.9. The first-order chi connectivity index (χ1) is 9.78. The van der Waals surface area contributed by atoms with E-state index in [9.17, 15) is 0 Å². The summed E-state index contributed by atoms with van der Waals surface area (Å²) in [6, 6.07) is 14.0. The van der Waals surface area contributed by atoms with E-state index in [1.165, 1.54) is 5.56 Å². The van der Waals surface area contributed by atoms with Gasteiger partial charge in [0.1, 0.15) is 0 Å². The van der Waals surface area contributed by atoms with Crippen molar-refractivity contribution in [1.29, 1.82) is 0 Å². The summed E-state index contributed by atoms with van der Waals surface area (Å²) in [6.45, 7) is 0.720. The Bertz CT molecular complexity index is 708. The van der Waals surface area contributed by atoms with Crippen LogP contribution in [-0.4, -0.2) is 21.0 Å². The van der Waals surface area contributed by atoms with Gasteiger partial charge in [-0.15, -0.1) is 10.2 Å². The maximum Gasteiger partial charge on any atom is 0.200 e. The predicted molar refractivity (Wildman–Crippen MR) is 82.7 cm³/mol. The third kappa shape index (κ3) is 2.66. The smallest absolute Gasteiger partial charge is 0.200 e. The van der Waals surface area contributed by atoms with Crippen molar-refractivity contribution >= 4 is 27.7 Å². The topological polar surface area (TPSA) is 43.9 Å². The maximum atomic E-state index is 5.59. The van der Waals surface area contributed by atoms with Crippen molar-refractivity contribution in [2.45, 2.75) is 11.7 Å². The van der Waals surface area contributed by atoms with Gasteiger partial charge in [-0.3, -0.25) is 4.57 Å². The van der Waals surface area contributed by atoms with Crippen LogP contribution in [0.2, 0.25) is 0 Å². The molecule has 4 nitrogen and oxygen atoms in total. The van der Waals surface area contributed by atoms with Gasteiger partial charge in [-0.05, 0) is 39.9 Å². The molecule has 2 aromatic heterocycles. The Balaban J connectivity index is 2.02. The van der Waals surface area contributed by atoms with Crippen molar-refractivity contribution in [2.75, 3.05) is 6.26 Å². The molecular weight excluding hydrogens is 338 g/mol. The molecule has 3 aromatic rings. The summed E-state index contributed by atoms with van der Waals surface area (Å²) in [5, 5.41) is 9.33. The van der Waals surface area contributed by atoms with Crippen LogP contribution >= 0.6 is 27.7 Å². The molecule has 102 valence electrons. The Morgan fingerprint density at radius 1 is 1.15 bits per heavy atom. The summed E-state index contributed by atoms with van der Waals surface area (Å²) >= 11 is 4.89. The van der Waals surface area contributed by atoms with Gasteiger partial charge in [-0.25, -0.2) is 0 Å². The lowest BCUT2D eigenvalue weighted by Gasteiger charge is -2.07. The second-order valence-corrected chi connectivity index (χ2v) is 5.74. The molecule has 1 aromatic carbocycles. The van der Waals surface area contributed by atoms with Crippen LogP contribution in [0.1, 0.15) is 5.56 Å². The molecule has 6 heteroatoms. The summed E-state index contributed by atoms with van der Waals surface area (Å²) in [6.07, 6.45) is 1.99. The predicted octanol–water partition coefficient (Wildman–Crippen LogP) is 4.07. The largest absolute Gasteiger partial charge is 0.446 e. The highest BCUT2D eigenvalue weighted by atomic mass is 79.9. The highest BCUT2D eigenvalue weighted by molar-refractivity contribution is 9.10. The zero-order valence-electron chi connectivity index (χ0n) is 10.8. The third-order valence-corrected chi connectivity index (χ3v) is 3.97. The molecule has 0 N–H and O–H groups in total. The molecule has 0 fully saturated rings. The summed E-state index contributed by atoms with van der Waals surface area (Å²) in [5.41, 5.74) is 1.20. The number of rotatable bonds is 4. The third-order valence-electron chi connectivity index (χ3n) is 2.88. The van der Waals surface area contributed by atoms with E-state index < -0.39 is 0 Å². The molecule has 3 rings (SSSR count). The van der Waals surface area contributed by atoms with Gasteiger partial charge in [0.2, 0.25) is 5.82 Å². The molecule has 0 aliphatic carbocycles. The van der Waals surface area contributed by atoms with Gasteiger partial charge in [0.05, 0.1) is 6.54 Å². The molecule has 0 spiro atoms. The molecule has 2 heterocycles. The SMILES string of the molecule is CSc1nnc(-c2ccc(Br)o2)n1Cc1ccccc1. The van der Waals surface area contributed by atoms with Crippen LogP contribution in [0.4, 0.5) is 0 Å². The van der Waals surface area contributed by atoms with Crippen LogP contribution in [-0.2, 0) is 6.54 Å². The number of nitrogens with zero attached hydrogens (tertiary/aromatic N) is 3. The van der Waals surface area contributed by atoms with E-state index in [-0.39, 0.29) is 0 Å². The molecular formula is C14H12BrN3OS. The second-order valence-electron chi connectivity index (χ2n) is 4.19. The highest BCUT2D eigenvalue weighted by Gasteiger charge is 2.16. The molecule has 0 aliphatic rings. The molecule has 0 amide bonds. The van der Waals surface area contributed by atoms with Crippen LogP contribution < -0.4 is 0 Å². The van der Waals surface area contributed by atoms with Crippen molar-refractivity contribution in [3.05, 3.63) is 52.7 Å². The van der Waals surface area contributed by atoms with Crippen LogP contribution in [0, 0.1) is 0 Å². The number of benzene rings is 1. The Kier molecular flexibility index (Phi) is 3.93. The van der Waals surface area contributed by atoms with Gasteiger partial charge in [0, 0.05) is 0 Å². The summed E-state index contributed by atoms with van der Waals surface area (Å²) < 4.78 is 8.34. The van der Waals surface area contributed by atoms with Crippen LogP contribution in [0.25, 0.3) is 11.6 Å². The van der Waals surface area contributed by atoms with E-state index in [0.29, 0.717) is 10.4 Å². The van der Waals surface area contributed by atoms with Crippen molar-refractivity contribution in [3.63, 3.8) is 0 Å². The van der Waals surface area contributed by atoms with Crippen molar-refractivity contribution in [3.8, 4) is 11.6 Å². The summed E-state index contributed by atoms with van der Waals surface area (Å²) in [5.74, 6) is 1.45. The Morgan fingerprint density at radius 2 is 1.95 bits per heavy atom. The van der Waals surface area contributed by atoms with Gasteiger partial charge in [-0.1, -0.05) is 42.1 Å². The molecule has 0 radical (unpaired) electrons. The Labute approximate surface area is 129 Å². The molecule has 0 saturated carbocycles. The van der Waals surface area contributed by atoms with Gasteiger partial charge < -0.3 is 4.42 Å². The van der Waals surface area contributed by atoms with Crippen LogP contribution in [0.5, 0.6) is 0 Å². The fourth-order valence-corrected chi connectivity index (χ4v) is 2.77. The van der Waals surface area contributed by atoms with Crippen LogP contribution in [0.15, 0.2) is 56.7 Å². The molecule has 0 atom stereocenters.